The fourth-order valence-corrected chi connectivity index (χ4v) is 2.37. The highest BCUT2D eigenvalue weighted by molar-refractivity contribution is 9.10. The number of aryl methyl sites for hydroxylation is 1. The molecule has 0 fully saturated rings. The summed E-state index contributed by atoms with van der Waals surface area (Å²) >= 11 is 4.63. The molecule has 0 radical (unpaired) electrons. The molecule has 0 atom stereocenters. The Morgan fingerprint density at radius 1 is 1.44 bits per heavy atom. The zero-order valence-corrected chi connectivity index (χ0v) is 11.2. The molecule has 0 aliphatic heterocycles. The number of halogens is 1. The van der Waals surface area contributed by atoms with E-state index in [1.807, 2.05) is 18.2 Å². The number of nitrogens with zero attached hydrogens (tertiary/aromatic N) is 2. The topological polar surface area (TPSA) is 35.0 Å². The van der Waals surface area contributed by atoms with E-state index in [0.717, 1.165) is 17.2 Å². The molecule has 2 aromatic rings. The summed E-state index contributed by atoms with van der Waals surface area (Å²) in [5, 5.41) is 0.986. The predicted molar refractivity (Wildman–Crippen MR) is 68.0 cm³/mol. The first-order chi connectivity index (χ1) is 7.74. The molecule has 0 unspecified atom stereocenters. The van der Waals surface area contributed by atoms with E-state index in [9.17, 15) is 0 Å². The van der Waals surface area contributed by atoms with Gasteiger partial charge in [0, 0.05) is 6.42 Å². The molecule has 16 heavy (non-hydrogen) atoms. The van der Waals surface area contributed by atoms with Crippen LogP contribution in [-0.4, -0.2) is 16.0 Å². The molecule has 0 spiro atoms. The summed E-state index contributed by atoms with van der Waals surface area (Å²) in [5.74, 6) is 0.906. The van der Waals surface area contributed by atoms with Gasteiger partial charge in [-0.05, 0) is 52.1 Å². The van der Waals surface area contributed by atoms with Crippen molar-refractivity contribution in [2.45, 2.75) is 13.3 Å². The minimum Gasteiger partial charge on any atom is -0.493 e. The van der Waals surface area contributed by atoms with Crippen LogP contribution in [0.2, 0.25) is 0 Å². The van der Waals surface area contributed by atoms with Gasteiger partial charge in [0.2, 0.25) is 4.73 Å². The lowest BCUT2D eigenvalue weighted by Crippen LogP contribution is -2.00. The van der Waals surface area contributed by atoms with Gasteiger partial charge in [0.15, 0.2) is 0 Å². The van der Waals surface area contributed by atoms with Gasteiger partial charge in [-0.2, -0.15) is 4.37 Å². The molecule has 0 saturated carbocycles. The first-order valence-electron chi connectivity index (χ1n) is 4.91. The number of benzene rings is 1. The third kappa shape index (κ3) is 3.28. The minimum atomic E-state index is 0.630. The Morgan fingerprint density at radius 2 is 2.31 bits per heavy atom. The van der Waals surface area contributed by atoms with Gasteiger partial charge in [-0.15, -0.1) is 0 Å². The third-order valence-electron chi connectivity index (χ3n) is 2.02. The van der Waals surface area contributed by atoms with Crippen LogP contribution in [0.5, 0.6) is 5.75 Å². The van der Waals surface area contributed by atoms with E-state index in [1.54, 1.807) is 0 Å². The highest BCUT2D eigenvalue weighted by atomic mass is 79.9. The third-order valence-corrected chi connectivity index (χ3v) is 3.38. The van der Waals surface area contributed by atoms with Gasteiger partial charge in [-0.25, -0.2) is 4.98 Å². The largest absolute Gasteiger partial charge is 0.493 e. The van der Waals surface area contributed by atoms with Crippen molar-refractivity contribution in [2.75, 3.05) is 6.61 Å². The SMILES string of the molecule is Cc1cccc(OCCc2nc(Br)ns2)c1. The quantitative estimate of drug-likeness (QED) is 0.869. The van der Waals surface area contributed by atoms with E-state index in [0.29, 0.717) is 11.3 Å². The average molecular weight is 299 g/mol. The predicted octanol–water partition coefficient (Wildman–Crippen LogP) is 3.23. The first-order valence-corrected chi connectivity index (χ1v) is 6.48. The monoisotopic (exact) mass is 298 g/mol. The van der Waals surface area contributed by atoms with Gasteiger partial charge >= 0.3 is 0 Å². The minimum absolute atomic E-state index is 0.630. The van der Waals surface area contributed by atoms with E-state index in [-0.39, 0.29) is 0 Å². The van der Waals surface area contributed by atoms with Gasteiger partial charge in [0.1, 0.15) is 10.8 Å². The van der Waals surface area contributed by atoms with Crippen LogP contribution in [0.15, 0.2) is 29.0 Å². The zero-order valence-electron chi connectivity index (χ0n) is 8.81. The molecule has 1 heterocycles. The molecule has 0 bridgehead atoms. The van der Waals surface area contributed by atoms with Gasteiger partial charge in [0.25, 0.3) is 0 Å². The molecule has 84 valence electrons. The second kappa shape index (κ2) is 5.41. The maximum Gasteiger partial charge on any atom is 0.209 e. The number of hydrogen-bond acceptors (Lipinski definition) is 4. The zero-order chi connectivity index (χ0) is 11.4. The van der Waals surface area contributed by atoms with Crippen molar-refractivity contribution in [3.63, 3.8) is 0 Å². The van der Waals surface area contributed by atoms with Crippen LogP contribution in [-0.2, 0) is 6.42 Å². The van der Waals surface area contributed by atoms with Gasteiger partial charge in [0.05, 0.1) is 6.61 Å². The van der Waals surface area contributed by atoms with Crippen LogP contribution in [0.25, 0.3) is 0 Å². The van der Waals surface area contributed by atoms with E-state index < -0.39 is 0 Å². The summed E-state index contributed by atoms with van der Waals surface area (Å²) in [7, 11) is 0. The summed E-state index contributed by atoms with van der Waals surface area (Å²) in [6.07, 6.45) is 0.789. The van der Waals surface area contributed by atoms with Crippen molar-refractivity contribution >= 4 is 27.5 Å². The molecule has 1 aromatic heterocycles. The van der Waals surface area contributed by atoms with Crippen molar-refractivity contribution in [1.29, 1.82) is 0 Å². The molecule has 0 N–H and O–H groups in total. The van der Waals surface area contributed by atoms with E-state index in [2.05, 4.69) is 38.3 Å². The number of ether oxygens (including phenoxy) is 1. The molecule has 3 nitrogen and oxygen atoms in total. The van der Waals surface area contributed by atoms with Crippen LogP contribution in [0.1, 0.15) is 10.6 Å². The molecule has 0 saturated heterocycles. The lowest BCUT2D eigenvalue weighted by molar-refractivity contribution is 0.321. The molecule has 5 heteroatoms. The Bertz CT molecular complexity index is 473. The lowest BCUT2D eigenvalue weighted by atomic mass is 10.2. The highest BCUT2D eigenvalue weighted by Gasteiger charge is 2.01. The van der Waals surface area contributed by atoms with Crippen molar-refractivity contribution in [3.05, 3.63) is 39.6 Å². The number of hydrogen-bond donors (Lipinski definition) is 0. The lowest BCUT2D eigenvalue weighted by Gasteiger charge is -2.04. The maximum absolute atomic E-state index is 5.62. The van der Waals surface area contributed by atoms with E-state index >= 15 is 0 Å². The summed E-state index contributed by atoms with van der Waals surface area (Å²) in [4.78, 5) is 4.20. The molecular formula is C11H11BrN2OS. The second-order valence-electron chi connectivity index (χ2n) is 3.37. The Morgan fingerprint density at radius 3 is 3.00 bits per heavy atom. The number of aromatic nitrogens is 2. The van der Waals surface area contributed by atoms with Crippen molar-refractivity contribution in [1.82, 2.24) is 9.36 Å². The van der Waals surface area contributed by atoms with E-state index in [1.165, 1.54) is 17.1 Å². The molecule has 0 aliphatic rings. The van der Waals surface area contributed by atoms with Crippen molar-refractivity contribution in [3.8, 4) is 5.75 Å². The van der Waals surface area contributed by atoms with Crippen LogP contribution in [0.4, 0.5) is 0 Å². The molecule has 0 aliphatic carbocycles. The average Bonchev–Trinajstić information content (AvgIpc) is 2.64. The highest BCUT2D eigenvalue weighted by Crippen LogP contribution is 2.14. The Labute approximate surface area is 107 Å². The van der Waals surface area contributed by atoms with Gasteiger partial charge < -0.3 is 4.74 Å². The first kappa shape index (κ1) is 11.5. The van der Waals surface area contributed by atoms with Gasteiger partial charge in [-0.3, -0.25) is 0 Å². The van der Waals surface area contributed by atoms with Gasteiger partial charge in [-0.1, -0.05) is 12.1 Å². The van der Waals surface area contributed by atoms with Crippen molar-refractivity contribution < 1.29 is 4.74 Å². The maximum atomic E-state index is 5.62. The smallest absolute Gasteiger partial charge is 0.209 e. The van der Waals surface area contributed by atoms with E-state index in [4.69, 9.17) is 4.74 Å². The molecular weight excluding hydrogens is 288 g/mol. The van der Waals surface area contributed by atoms with Crippen LogP contribution in [0.3, 0.4) is 0 Å². The van der Waals surface area contributed by atoms with Crippen LogP contribution < -0.4 is 4.74 Å². The standard InChI is InChI=1S/C11H11BrN2OS/c1-8-3-2-4-9(7-8)15-6-5-10-13-11(12)14-16-10/h2-4,7H,5-6H2,1H3. The van der Waals surface area contributed by atoms with Crippen LogP contribution in [0, 0.1) is 6.92 Å². The van der Waals surface area contributed by atoms with Crippen molar-refractivity contribution in [2.24, 2.45) is 0 Å². The Hall–Kier alpha value is -0.940. The fourth-order valence-electron chi connectivity index (χ4n) is 1.30. The number of rotatable bonds is 4. The molecule has 0 amide bonds. The summed E-state index contributed by atoms with van der Waals surface area (Å²) in [6, 6.07) is 8.03. The van der Waals surface area contributed by atoms with Crippen LogP contribution >= 0.6 is 27.5 Å². The Kier molecular flexibility index (Phi) is 3.90. The molecule has 2 rings (SSSR count). The normalized spacial score (nSPS) is 10.4. The second-order valence-corrected chi connectivity index (χ2v) is 4.92. The Balaban J connectivity index is 1.84. The fraction of sp³-hybridized carbons (Fsp3) is 0.273. The summed E-state index contributed by atoms with van der Waals surface area (Å²) in [5.41, 5.74) is 1.20. The molecule has 1 aromatic carbocycles. The summed E-state index contributed by atoms with van der Waals surface area (Å²) in [6.45, 7) is 2.68. The summed E-state index contributed by atoms with van der Waals surface area (Å²) < 4.78 is 10.3.